The number of nitrogens with two attached hydrogens (primary N) is 1. The highest BCUT2D eigenvalue weighted by Crippen LogP contribution is 2.30. The van der Waals surface area contributed by atoms with Crippen LogP contribution in [0.4, 0.5) is 4.79 Å². The highest BCUT2D eigenvalue weighted by Gasteiger charge is 2.38. The summed E-state index contributed by atoms with van der Waals surface area (Å²) in [6.07, 6.45) is 2.42. The Labute approximate surface area is 146 Å². The summed E-state index contributed by atoms with van der Waals surface area (Å²) in [4.78, 5) is 31.0. The third-order valence-corrected chi connectivity index (χ3v) is 5.77. The Morgan fingerprint density at radius 1 is 1.04 bits per heavy atom. The highest BCUT2D eigenvalue weighted by molar-refractivity contribution is 5.80. The van der Waals surface area contributed by atoms with Gasteiger partial charge in [0, 0.05) is 51.2 Å². The molecule has 2 rings (SSSR count). The Bertz CT molecular complexity index is 454. The van der Waals surface area contributed by atoms with Gasteiger partial charge in [-0.3, -0.25) is 4.79 Å². The summed E-state index contributed by atoms with van der Waals surface area (Å²) in [5.41, 5.74) is 6.15. The van der Waals surface area contributed by atoms with Crippen LogP contribution in [0.3, 0.4) is 0 Å². The second kappa shape index (κ2) is 7.72. The van der Waals surface area contributed by atoms with Gasteiger partial charge in [-0.2, -0.15) is 0 Å². The highest BCUT2D eigenvalue weighted by atomic mass is 16.2. The van der Waals surface area contributed by atoms with Crippen molar-refractivity contribution in [3.05, 3.63) is 0 Å². The van der Waals surface area contributed by atoms with Crippen molar-refractivity contribution in [3.63, 3.8) is 0 Å². The maximum atomic E-state index is 12.8. The van der Waals surface area contributed by atoms with Crippen molar-refractivity contribution in [2.75, 3.05) is 39.3 Å². The molecule has 0 aromatic heterocycles. The maximum Gasteiger partial charge on any atom is 0.319 e. The number of amides is 3. The van der Waals surface area contributed by atoms with Crippen molar-refractivity contribution in [2.24, 2.45) is 17.1 Å². The zero-order valence-corrected chi connectivity index (χ0v) is 15.8. The van der Waals surface area contributed by atoms with Gasteiger partial charge in [0.25, 0.3) is 0 Å². The molecule has 6 nitrogen and oxygen atoms in total. The van der Waals surface area contributed by atoms with Gasteiger partial charge in [-0.05, 0) is 38.5 Å². The van der Waals surface area contributed by atoms with Crippen LogP contribution in [-0.4, -0.2) is 71.9 Å². The smallest absolute Gasteiger partial charge is 0.319 e. The standard InChI is InChI=1S/C18H34N4O2/c1-5-20(6-2)17(24)21-10-7-14(8-11-21)16(23)22-12-9-15(19)18(3,4)13-22/h14-15H,5-13,19H2,1-4H3. The zero-order valence-electron chi connectivity index (χ0n) is 15.8. The number of hydrogen-bond donors (Lipinski definition) is 1. The lowest BCUT2D eigenvalue weighted by Gasteiger charge is -2.44. The summed E-state index contributed by atoms with van der Waals surface area (Å²) in [5, 5.41) is 0. The summed E-state index contributed by atoms with van der Waals surface area (Å²) in [5.74, 6) is 0.306. The van der Waals surface area contributed by atoms with Crippen molar-refractivity contribution in [1.29, 1.82) is 0 Å². The van der Waals surface area contributed by atoms with E-state index in [1.807, 2.05) is 28.5 Å². The first kappa shape index (κ1) is 19.0. The first-order chi connectivity index (χ1) is 11.3. The van der Waals surface area contributed by atoms with Crippen molar-refractivity contribution in [1.82, 2.24) is 14.7 Å². The summed E-state index contributed by atoms with van der Waals surface area (Å²) in [6, 6.07) is 0.270. The van der Waals surface area contributed by atoms with Crippen LogP contribution >= 0.6 is 0 Å². The topological polar surface area (TPSA) is 69.9 Å². The summed E-state index contributed by atoms with van der Waals surface area (Å²) in [7, 11) is 0. The van der Waals surface area contributed by atoms with Crippen molar-refractivity contribution < 1.29 is 9.59 Å². The van der Waals surface area contributed by atoms with Gasteiger partial charge < -0.3 is 20.4 Å². The van der Waals surface area contributed by atoms with Crippen LogP contribution in [0.15, 0.2) is 0 Å². The van der Waals surface area contributed by atoms with Gasteiger partial charge in [-0.1, -0.05) is 13.8 Å². The molecule has 2 heterocycles. The molecule has 2 fully saturated rings. The Morgan fingerprint density at radius 3 is 2.08 bits per heavy atom. The molecule has 138 valence electrons. The first-order valence-corrected chi connectivity index (χ1v) is 9.38. The number of carbonyl (C=O) groups excluding carboxylic acids is 2. The van der Waals surface area contributed by atoms with Crippen molar-refractivity contribution >= 4 is 11.9 Å². The maximum absolute atomic E-state index is 12.8. The van der Waals surface area contributed by atoms with Gasteiger partial charge in [0.2, 0.25) is 5.91 Å². The Balaban J connectivity index is 1.88. The molecular formula is C18H34N4O2. The first-order valence-electron chi connectivity index (χ1n) is 9.38. The predicted molar refractivity (Wildman–Crippen MR) is 95.6 cm³/mol. The molecule has 1 atom stereocenters. The van der Waals surface area contributed by atoms with Gasteiger partial charge in [-0.25, -0.2) is 4.79 Å². The van der Waals surface area contributed by atoms with Gasteiger partial charge in [0.05, 0.1) is 0 Å². The van der Waals surface area contributed by atoms with E-state index in [2.05, 4.69) is 13.8 Å². The summed E-state index contributed by atoms with van der Waals surface area (Å²) < 4.78 is 0. The fraction of sp³-hybridized carbons (Fsp3) is 0.889. The molecule has 24 heavy (non-hydrogen) atoms. The molecule has 3 amide bonds. The molecular weight excluding hydrogens is 304 g/mol. The number of hydrogen-bond acceptors (Lipinski definition) is 3. The minimum Gasteiger partial charge on any atom is -0.342 e. The van der Waals surface area contributed by atoms with Crippen LogP contribution < -0.4 is 5.73 Å². The van der Waals surface area contributed by atoms with E-state index in [0.717, 1.165) is 45.4 Å². The molecule has 0 aromatic rings. The molecule has 2 saturated heterocycles. The molecule has 0 aromatic carbocycles. The Morgan fingerprint density at radius 2 is 1.58 bits per heavy atom. The number of urea groups is 1. The lowest BCUT2D eigenvalue weighted by molar-refractivity contribution is -0.140. The zero-order chi connectivity index (χ0) is 17.9. The van der Waals surface area contributed by atoms with E-state index >= 15 is 0 Å². The fourth-order valence-electron chi connectivity index (χ4n) is 3.83. The largest absolute Gasteiger partial charge is 0.342 e. The Kier molecular flexibility index (Phi) is 6.12. The van der Waals surface area contributed by atoms with Gasteiger partial charge in [0.1, 0.15) is 0 Å². The average molecular weight is 338 g/mol. The molecule has 1 unspecified atom stereocenters. The van der Waals surface area contributed by atoms with E-state index in [4.69, 9.17) is 5.73 Å². The van der Waals surface area contributed by atoms with E-state index in [1.165, 1.54) is 0 Å². The molecule has 0 spiro atoms. The molecule has 6 heteroatoms. The van der Waals surface area contributed by atoms with Crippen molar-refractivity contribution in [3.8, 4) is 0 Å². The monoisotopic (exact) mass is 338 g/mol. The van der Waals surface area contributed by atoms with Crippen LogP contribution in [0.5, 0.6) is 0 Å². The van der Waals surface area contributed by atoms with Crippen LogP contribution in [0.25, 0.3) is 0 Å². The third kappa shape index (κ3) is 4.02. The fourth-order valence-corrected chi connectivity index (χ4v) is 3.83. The van der Waals surface area contributed by atoms with E-state index < -0.39 is 0 Å². The molecule has 0 radical (unpaired) electrons. The minimum absolute atomic E-state index is 0.0205. The average Bonchev–Trinajstić information content (AvgIpc) is 2.57. The second-order valence-electron chi connectivity index (χ2n) is 7.86. The van der Waals surface area contributed by atoms with E-state index in [-0.39, 0.29) is 29.3 Å². The Hall–Kier alpha value is -1.30. The number of rotatable bonds is 3. The molecule has 2 N–H and O–H groups in total. The predicted octanol–water partition coefficient (Wildman–Crippen LogP) is 1.75. The molecule has 0 aliphatic carbocycles. The number of likely N-dealkylation sites (tertiary alicyclic amines) is 2. The quantitative estimate of drug-likeness (QED) is 0.852. The van der Waals surface area contributed by atoms with Crippen LogP contribution in [0, 0.1) is 11.3 Å². The SMILES string of the molecule is CCN(CC)C(=O)N1CCC(C(=O)N2CCC(N)C(C)(C)C2)CC1. The number of nitrogens with zero attached hydrogens (tertiary/aromatic N) is 3. The lowest BCUT2D eigenvalue weighted by Crippen LogP contribution is -2.56. The normalized spacial score (nSPS) is 24.8. The van der Waals surface area contributed by atoms with Crippen LogP contribution in [0.2, 0.25) is 0 Å². The summed E-state index contributed by atoms with van der Waals surface area (Å²) in [6.45, 7) is 12.6. The van der Waals surface area contributed by atoms with Crippen LogP contribution in [0.1, 0.15) is 47.0 Å². The molecule has 0 bridgehead atoms. The third-order valence-electron chi connectivity index (χ3n) is 5.77. The lowest BCUT2D eigenvalue weighted by atomic mass is 9.79. The molecule has 0 saturated carbocycles. The van der Waals surface area contributed by atoms with E-state index in [0.29, 0.717) is 13.1 Å². The van der Waals surface area contributed by atoms with E-state index in [1.54, 1.807) is 0 Å². The van der Waals surface area contributed by atoms with E-state index in [9.17, 15) is 9.59 Å². The second-order valence-corrected chi connectivity index (χ2v) is 7.86. The number of piperidine rings is 2. The number of carbonyl (C=O) groups is 2. The van der Waals surface area contributed by atoms with Gasteiger partial charge in [-0.15, -0.1) is 0 Å². The summed E-state index contributed by atoms with van der Waals surface area (Å²) >= 11 is 0. The van der Waals surface area contributed by atoms with Crippen molar-refractivity contribution in [2.45, 2.75) is 53.0 Å². The van der Waals surface area contributed by atoms with Crippen LogP contribution in [-0.2, 0) is 4.79 Å². The molecule has 2 aliphatic rings. The molecule has 2 aliphatic heterocycles. The van der Waals surface area contributed by atoms with Gasteiger partial charge in [0.15, 0.2) is 0 Å². The van der Waals surface area contributed by atoms with Gasteiger partial charge >= 0.3 is 6.03 Å². The minimum atomic E-state index is -0.0205.